The van der Waals surface area contributed by atoms with Crippen LogP contribution in [0.3, 0.4) is 0 Å². The van der Waals surface area contributed by atoms with Gasteiger partial charge in [0, 0.05) is 12.1 Å². The van der Waals surface area contributed by atoms with Gasteiger partial charge >= 0.3 is 35.8 Å². The molecule has 0 aliphatic heterocycles. The van der Waals surface area contributed by atoms with Gasteiger partial charge in [-0.05, 0) is 18.4 Å². The zero-order valence-electron chi connectivity index (χ0n) is 18.8. The van der Waals surface area contributed by atoms with Crippen molar-refractivity contribution >= 4 is 11.8 Å². The summed E-state index contributed by atoms with van der Waals surface area (Å²) in [5.74, 6) is -42.7. The van der Waals surface area contributed by atoms with Crippen LogP contribution in [0.1, 0.15) is 31.2 Å². The summed E-state index contributed by atoms with van der Waals surface area (Å²) in [6, 6.07) is 5.04. The van der Waals surface area contributed by atoms with Gasteiger partial charge in [0.2, 0.25) is 5.91 Å². The monoisotopic (exact) mass is 578 g/mol. The molecule has 0 aromatic heterocycles. The number of hydrogen-bond donors (Lipinski definition) is 2. The largest absolute Gasteiger partial charge is 0.460 e. The third kappa shape index (κ3) is 5.51. The molecule has 2 rings (SSSR count). The fraction of sp³-hybridized carbons (Fsp3) is 0.619. The topological polar surface area (TPSA) is 58.2 Å². The Morgan fingerprint density at radius 3 is 1.58 bits per heavy atom. The summed E-state index contributed by atoms with van der Waals surface area (Å²) in [7, 11) is 0. The lowest BCUT2D eigenvalue weighted by Crippen LogP contribution is -2.72. The maximum atomic E-state index is 14.1. The Morgan fingerprint density at radius 1 is 0.658 bits per heavy atom. The Bertz CT molecular complexity index is 997. The quantitative estimate of drug-likeness (QED) is 0.380. The molecular formula is C21H19F13N2O2. The summed E-state index contributed by atoms with van der Waals surface area (Å²) >= 11 is 0. The average Bonchev–Trinajstić information content (AvgIpc) is 2.79. The Kier molecular flexibility index (Phi) is 8.64. The predicted molar refractivity (Wildman–Crippen MR) is 103 cm³/mol. The molecule has 0 spiro atoms. The Hall–Kier alpha value is -2.75. The van der Waals surface area contributed by atoms with E-state index in [0.29, 0.717) is 12.0 Å². The Labute approximate surface area is 205 Å². The van der Waals surface area contributed by atoms with Crippen LogP contribution < -0.4 is 10.6 Å². The van der Waals surface area contributed by atoms with Crippen LogP contribution in [0.4, 0.5) is 57.1 Å². The number of hydrogen-bond acceptors (Lipinski definition) is 2. The first-order valence-electron chi connectivity index (χ1n) is 10.7. The summed E-state index contributed by atoms with van der Waals surface area (Å²) < 4.78 is 173. The van der Waals surface area contributed by atoms with Gasteiger partial charge in [0.25, 0.3) is 5.91 Å². The second kappa shape index (κ2) is 10.4. The highest BCUT2D eigenvalue weighted by Gasteiger charge is 2.91. The van der Waals surface area contributed by atoms with E-state index in [2.05, 4.69) is 5.32 Å². The van der Waals surface area contributed by atoms with Gasteiger partial charge in [-0.15, -0.1) is 0 Å². The maximum absolute atomic E-state index is 14.1. The molecule has 1 aromatic carbocycles. The van der Waals surface area contributed by atoms with E-state index in [-0.39, 0.29) is 25.7 Å². The molecule has 1 aliphatic carbocycles. The smallest absolute Gasteiger partial charge is 0.351 e. The van der Waals surface area contributed by atoms with E-state index in [4.69, 9.17) is 0 Å². The zero-order chi connectivity index (χ0) is 29.4. The van der Waals surface area contributed by atoms with Gasteiger partial charge in [-0.3, -0.25) is 9.59 Å². The normalized spacial score (nSPS) is 20.1. The highest BCUT2D eigenvalue weighted by atomic mass is 19.4. The molecule has 0 unspecified atom stereocenters. The van der Waals surface area contributed by atoms with Crippen LogP contribution in [0.15, 0.2) is 30.3 Å². The lowest BCUT2D eigenvalue weighted by Gasteiger charge is -2.40. The van der Waals surface area contributed by atoms with E-state index in [1.54, 1.807) is 30.3 Å². The molecule has 2 atom stereocenters. The van der Waals surface area contributed by atoms with E-state index < -0.39 is 59.7 Å². The summed E-state index contributed by atoms with van der Waals surface area (Å²) in [6.45, 7) is 0. The lowest BCUT2D eigenvalue weighted by atomic mass is 9.89. The number of nitrogens with one attached hydrogen (secondary N) is 2. The van der Waals surface area contributed by atoms with Crippen molar-refractivity contribution in [2.45, 2.75) is 80.0 Å². The van der Waals surface area contributed by atoms with Gasteiger partial charge in [-0.2, -0.15) is 57.1 Å². The van der Waals surface area contributed by atoms with Gasteiger partial charge in [0.1, 0.15) is 0 Å². The molecule has 0 saturated heterocycles. The summed E-state index contributed by atoms with van der Waals surface area (Å²) in [4.78, 5) is 24.1. The second-order valence-electron chi connectivity index (χ2n) is 8.57. The van der Waals surface area contributed by atoms with E-state index in [1.165, 1.54) is 5.32 Å². The Morgan fingerprint density at radius 2 is 1.11 bits per heavy atom. The number of carbonyl (C=O) groups excluding carboxylic acids is 2. The molecule has 17 heteroatoms. The second-order valence-corrected chi connectivity index (χ2v) is 8.57. The summed E-state index contributed by atoms with van der Waals surface area (Å²) in [6.07, 6.45) is -7.64. The van der Waals surface area contributed by atoms with Gasteiger partial charge in [0.05, 0.1) is 6.42 Å². The van der Waals surface area contributed by atoms with Crippen LogP contribution in [-0.4, -0.2) is 59.7 Å². The molecule has 0 radical (unpaired) electrons. The minimum Gasteiger partial charge on any atom is -0.351 e. The molecule has 4 nitrogen and oxygen atoms in total. The van der Waals surface area contributed by atoms with E-state index in [0.717, 1.165) is 0 Å². The highest BCUT2D eigenvalue weighted by Crippen LogP contribution is 2.60. The van der Waals surface area contributed by atoms with Crippen molar-refractivity contribution in [3.8, 4) is 0 Å². The Balaban J connectivity index is 2.25. The molecule has 0 bridgehead atoms. The van der Waals surface area contributed by atoms with Crippen LogP contribution in [0.5, 0.6) is 0 Å². The van der Waals surface area contributed by atoms with Gasteiger partial charge < -0.3 is 10.6 Å². The van der Waals surface area contributed by atoms with Crippen LogP contribution in [0.25, 0.3) is 0 Å². The fourth-order valence-electron chi connectivity index (χ4n) is 3.69. The standard InChI is InChI=1S/C21H19F13N2O2/c22-16(23,17(24,25)18(26,27)19(28,29)20(30,31)21(32,33)34)15(38)36-13-9-5-4-8-12(13)35-14(37)10-11-6-2-1-3-7-11/h1-3,6-7,12-13H,4-5,8-10H2,(H,35,37)(H,36,38)/t12-,13-/m1/s1. The van der Waals surface area contributed by atoms with Crippen molar-refractivity contribution in [2.75, 3.05) is 0 Å². The number of carbonyl (C=O) groups is 2. The van der Waals surface area contributed by atoms with Gasteiger partial charge in [-0.1, -0.05) is 43.2 Å². The molecular weight excluding hydrogens is 559 g/mol. The zero-order valence-corrected chi connectivity index (χ0v) is 18.8. The molecule has 38 heavy (non-hydrogen) atoms. The molecule has 2 N–H and O–H groups in total. The predicted octanol–water partition coefficient (Wildman–Crippen LogP) is 5.51. The van der Waals surface area contributed by atoms with Crippen molar-refractivity contribution in [3.63, 3.8) is 0 Å². The van der Waals surface area contributed by atoms with Crippen molar-refractivity contribution in [3.05, 3.63) is 35.9 Å². The third-order valence-electron chi connectivity index (χ3n) is 5.85. The van der Waals surface area contributed by atoms with E-state index >= 15 is 0 Å². The summed E-state index contributed by atoms with van der Waals surface area (Å²) in [5.41, 5.74) is 0.492. The number of rotatable bonds is 9. The number of amides is 2. The third-order valence-corrected chi connectivity index (χ3v) is 5.85. The first-order valence-corrected chi connectivity index (χ1v) is 10.7. The van der Waals surface area contributed by atoms with Crippen molar-refractivity contribution < 1.29 is 66.7 Å². The van der Waals surface area contributed by atoms with E-state index in [1.807, 2.05) is 0 Å². The number of halogens is 13. The van der Waals surface area contributed by atoms with Crippen molar-refractivity contribution in [2.24, 2.45) is 0 Å². The van der Waals surface area contributed by atoms with Crippen LogP contribution in [0, 0.1) is 0 Å². The average molecular weight is 578 g/mol. The first-order chi connectivity index (χ1) is 17.1. The molecule has 216 valence electrons. The molecule has 1 fully saturated rings. The maximum Gasteiger partial charge on any atom is 0.460 e. The minimum atomic E-state index is -8.09. The molecule has 0 heterocycles. The fourth-order valence-corrected chi connectivity index (χ4v) is 3.69. The lowest BCUT2D eigenvalue weighted by molar-refractivity contribution is -0.436. The number of alkyl halides is 13. The van der Waals surface area contributed by atoms with Gasteiger partial charge in [0.15, 0.2) is 0 Å². The van der Waals surface area contributed by atoms with Crippen molar-refractivity contribution in [1.82, 2.24) is 10.6 Å². The molecule has 1 aliphatic rings. The van der Waals surface area contributed by atoms with Gasteiger partial charge in [-0.25, -0.2) is 0 Å². The van der Waals surface area contributed by atoms with Crippen molar-refractivity contribution in [1.29, 1.82) is 0 Å². The SMILES string of the molecule is O=C(Cc1ccccc1)N[C@@H]1CCCC[C@H]1NC(=O)C(F)(F)C(F)(F)C(F)(F)C(F)(F)C(F)(F)C(F)(F)F. The van der Waals surface area contributed by atoms with Crippen LogP contribution >= 0.6 is 0 Å². The van der Waals surface area contributed by atoms with Crippen LogP contribution in [-0.2, 0) is 16.0 Å². The minimum absolute atomic E-state index is 0.0283. The molecule has 2 amide bonds. The highest BCUT2D eigenvalue weighted by molar-refractivity contribution is 5.85. The molecule has 1 saturated carbocycles. The number of benzene rings is 1. The first kappa shape index (κ1) is 31.5. The van der Waals surface area contributed by atoms with E-state index in [9.17, 15) is 66.7 Å². The summed E-state index contributed by atoms with van der Waals surface area (Å²) in [5, 5.41) is 3.53. The molecule has 1 aromatic rings. The van der Waals surface area contributed by atoms with Crippen LogP contribution in [0.2, 0.25) is 0 Å².